The van der Waals surface area contributed by atoms with Crippen LogP contribution in [0, 0.1) is 17.6 Å². The van der Waals surface area contributed by atoms with Crippen LogP contribution in [0.1, 0.15) is 32.3 Å². The first-order valence-electron chi connectivity index (χ1n) is 7.38. The van der Waals surface area contributed by atoms with Crippen molar-refractivity contribution in [3.8, 4) is 0 Å². The third-order valence-electron chi connectivity index (χ3n) is 4.64. The van der Waals surface area contributed by atoms with Gasteiger partial charge in [0, 0.05) is 42.8 Å². The van der Waals surface area contributed by atoms with Gasteiger partial charge in [-0.05, 0) is 38.7 Å². The Morgan fingerprint density at radius 3 is 2.70 bits per heavy atom. The van der Waals surface area contributed by atoms with Gasteiger partial charge in [-0.1, -0.05) is 6.07 Å². The second-order valence-corrected chi connectivity index (χ2v) is 6.75. The Labute approximate surface area is 119 Å². The molecule has 1 heterocycles. The zero-order valence-electron chi connectivity index (χ0n) is 12.1. The summed E-state index contributed by atoms with van der Waals surface area (Å²) in [4.78, 5) is 2.32. The predicted octanol–water partition coefficient (Wildman–Crippen LogP) is 2.93. The van der Waals surface area contributed by atoms with Gasteiger partial charge in [-0.25, -0.2) is 8.78 Å². The van der Waals surface area contributed by atoms with E-state index in [0.717, 1.165) is 25.1 Å². The number of nitrogens with one attached hydrogen (secondary N) is 1. The molecule has 0 bridgehead atoms. The van der Waals surface area contributed by atoms with Crippen molar-refractivity contribution >= 4 is 0 Å². The molecule has 1 aliphatic carbocycles. The number of benzene rings is 1. The summed E-state index contributed by atoms with van der Waals surface area (Å²) < 4.78 is 26.8. The largest absolute Gasteiger partial charge is 0.311 e. The summed E-state index contributed by atoms with van der Waals surface area (Å²) in [5.74, 6) is -0.171. The minimum Gasteiger partial charge on any atom is -0.311 e. The predicted molar refractivity (Wildman–Crippen MR) is 75.4 cm³/mol. The number of halogens is 2. The van der Waals surface area contributed by atoms with Crippen LogP contribution in [0.25, 0.3) is 0 Å². The molecule has 0 spiro atoms. The molecule has 3 rings (SSSR count). The molecule has 4 heteroatoms. The maximum absolute atomic E-state index is 13.8. The molecule has 2 nitrogen and oxygen atoms in total. The summed E-state index contributed by atoms with van der Waals surface area (Å²) in [6.07, 6.45) is 2.60. The van der Waals surface area contributed by atoms with Crippen molar-refractivity contribution in [2.24, 2.45) is 5.92 Å². The van der Waals surface area contributed by atoms with E-state index in [2.05, 4.69) is 24.1 Å². The Morgan fingerprint density at radius 2 is 2.05 bits per heavy atom. The normalized spacial score (nSPS) is 26.7. The van der Waals surface area contributed by atoms with E-state index in [4.69, 9.17) is 0 Å². The highest BCUT2D eigenvalue weighted by Gasteiger charge is 2.40. The molecule has 1 aromatic carbocycles. The molecule has 1 aliphatic heterocycles. The Balaban J connectivity index is 1.75. The van der Waals surface area contributed by atoms with E-state index in [1.54, 1.807) is 6.07 Å². The highest BCUT2D eigenvalue weighted by Crippen LogP contribution is 2.36. The molecule has 1 aromatic rings. The molecule has 1 unspecified atom stereocenters. The minimum atomic E-state index is -0.512. The van der Waals surface area contributed by atoms with Crippen LogP contribution in [-0.2, 0) is 6.54 Å². The molecule has 0 radical (unpaired) electrons. The lowest BCUT2D eigenvalue weighted by molar-refractivity contribution is 0.0524. The first-order valence-corrected chi connectivity index (χ1v) is 7.38. The Bertz CT molecular complexity index is 497. The molecule has 1 saturated carbocycles. The van der Waals surface area contributed by atoms with Crippen LogP contribution < -0.4 is 5.32 Å². The quantitative estimate of drug-likeness (QED) is 0.916. The fourth-order valence-corrected chi connectivity index (χ4v) is 2.99. The van der Waals surface area contributed by atoms with Crippen LogP contribution in [0.15, 0.2) is 18.2 Å². The fraction of sp³-hybridized carbons (Fsp3) is 0.625. The van der Waals surface area contributed by atoms with Crippen molar-refractivity contribution in [2.75, 3.05) is 13.1 Å². The molecule has 0 amide bonds. The summed E-state index contributed by atoms with van der Waals surface area (Å²) in [7, 11) is 0. The number of rotatable bonds is 3. The van der Waals surface area contributed by atoms with Crippen molar-refractivity contribution in [1.82, 2.24) is 10.2 Å². The monoisotopic (exact) mass is 280 g/mol. The topological polar surface area (TPSA) is 15.3 Å². The van der Waals surface area contributed by atoms with Gasteiger partial charge in [-0.3, -0.25) is 4.90 Å². The number of piperazine rings is 1. The van der Waals surface area contributed by atoms with Gasteiger partial charge < -0.3 is 5.32 Å². The van der Waals surface area contributed by atoms with E-state index in [9.17, 15) is 8.78 Å². The summed E-state index contributed by atoms with van der Waals surface area (Å²) >= 11 is 0. The third-order valence-corrected chi connectivity index (χ3v) is 4.64. The summed E-state index contributed by atoms with van der Waals surface area (Å²) in [5.41, 5.74) is 0.572. The van der Waals surface area contributed by atoms with Crippen LogP contribution in [0.4, 0.5) is 8.78 Å². The molecule has 1 atom stereocenters. The smallest absolute Gasteiger partial charge is 0.130 e. The highest BCUT2D eigenvalue weighted by molar-refractivity contribution is 5.19. The molecule has 2 aliphatic rings. The molecular formula is C16H22F2N2. The van der Waals surface area contributed by atoms with Crippen LogP contribution in [0.3, 0.4) is 0 Å². The summed E-state index contributed by atoms with van der Waals surface area (Å²) in [6.45, 7) is 6.74. The molecule has 2 fully saturated rings. The van der Waals surface area contributed by atoms with E-state index < -0.39 is 11.6 Å². The van der Waals surface area contributed by atoms with Gasteiger partial charge in [0.2, 0.25) is 0 Å². The van der Waals surface area contributed by atoms with Crippen LogP contribution in [-0.4, -0.2) is 29.6 Å². The zero-order chi connectivity index (χ0) is 14.3. The first-order chi connectivity index (χ1) is 9.45. The number of hydrogen-bond donors (Lipinski definition) is 1. The van der Waals surface area contributed by atoms with Gasteiger partial charge in [0.05, 0.1) is 0 Å². The van der Waals surface area contributed by atoms with Crippen LogP contribution in [0.2, 0.25) is 0 Å². The summed E-state index contributed by atoms with van der Waals surface area (Å²) in [5, 5.41) is 3.62. The molecule has 1 N–H and O–H groups in total. The summed E-state index contributed by atoms with van der Waals surface area (Å²) in [6, 6.07) is 4.40. The number of nitrogens with zero attached hydrogens (tertiary/aromatic N) is 1. The van der Waals surface area contributed by atoms with Crippen LogP contribution in [0.5, 0.6) is 0 Å². The van der Waals surface area contributed by atoms with Crippen molar-refractivity contribution in [1.29, 1.82) is 0 Å². The molecule has 110 valence electrons. The van der Waals surface area contributed by atoms with Crippen molar-refractivity contribution in [3.63, 3.8) is 0 Å². The van der Waals surface area contributed by atoms with Gasteiger partial charge in [-0.15, -0.1) is 0 Å². The average molecular weight is 280 g/mol. The second-order valence-electron chi connectivity index (χ2n) is 6.75. The Kier molecular flexibility index (Phi) is 3.55. The molecule has 0 aromatic heterocycles. The molecule has 1 saturated heterocycles. The van der Waals surface area contributed by atoms with E-state index in [0.29, 0.717) is 18.2 Å². The van der Waals surface area contributed by atoms with E-state index in [1.807, 2.05) is 0 Å². The molecular weight excluding hydrogens is 258 g/mol. The van der Waals surface area contributed by atoms with E-state index in [-0.39, 0.29) is 5.54 Å². The van der Waals surface area contributed by atoms with E-state index >= 15 is 0 Å². The van der Waals surface area contributed by atoms with Gasteiger partial charge in [0.15, 0.2) is 0 Å². The standard InChI is InChI=1S/C16H22F2N2/c1-16(2)10-19-15(11-3-4-11)9-20(16)8-12-5-6-13(17)7-14(12)18/h5-7,11,15,19H,3-4,8-10H2,1-2H3. The van der Waals surface area contributed by atoms with Gasteiger partial charge in [-0.2, -0.15) is 0 Å². The van der Waals surface area contributed by atoms with Crippen LogP contribution >= 0.6 is 0 Å². The average Bonchev–Trinajstić information content (AvgIpc) is 3.19. The maximum Gasteiger partial charge on any atom is 0.130 e. The lowest BCUT2D eigenvalue weighted by atomic mass is 9.95. The lowest BCUT2D eigenvalue weighted by Gasteiger charge is -2.46. The number of hydrogen-bond acceptors (Lipinski definition) is 2. The maximum atomic E-state index is 13.8. The van der Waals surface area contributed by atoms with Crippen molar-refractivity contribution in [2.45, 2.75) is 44.8 Å². The third kappa shape index (κ3) is 2.86. The first kappa shape index (κ1) is 14.0. The molecule has 20 heavy (non-hydrogen) atoms. The minimum absolute atomic E-state index is 0.00772. The van der Waals surface area contributed by atoms with Crippen molar-refractivity contribution < 1.29 is 8.78 Å². The zero-order valence-corrected chi connectivity index (χ0v) is 12.1. The second kappa shape index (κ2) is 5.08. The van der Waals surface area contributed by atoms with Gasteiger partial charge >= 0.3 is 0 Å². The van der Waals surface area contributed by atoms with E-state index in [1.165, 1.54) is 18.9 Å². The Hall–Kier alpha value is -1.00. The SMILES string of the molecule is CC1(C)CNC(C2CC2)CN1Cc1ccc(F)cc1F. The highest BCUT2D eigenvalue weighted by atomic mass is 19.1. The van der Waals surface area contributed by atoms with Crippen molar-refractivity contribution in [3.05, 3.63) is 35.4 Å². The van der Waals surface area contributed by atoms with Gasteiger partial charge in [0.1, 0.15) is 11.6 Å². The van der Waals surface area contributed by atoms with Gasteiger partial charge in [0.25, 0.3) is 0 Å². The Morgan fingerprint density at radius 1 is 1.30 bits per heavy atom. The fourth-order valence-electron chi connectivity index (χ4n) is 2.99. The lowest BCUT2D eigenvalue weighted by Crippen LogP contribution is -2.62.